The Balaban J connectivity index is 2.08. The molecule has 0 saturated carbocycles. The summed E-state index contributed by atoms with van der Waals surface area (Å²) in [4.78, 5) is 11.6. The Kier molecular flexibility index (Phi) is 4.76. The van der Waals surface area contributed by atoms with Crippen LogP contribution < -0.4 is 10.6 Å². The smallest absolute Gasteiger partial charge is 0.257 e. The van der Waals surface area contributed by atoms with Gasteiger partial charge in [-0.25, -0.2) is 22.0 Å². The summed E-state index contributed by atoms with van der Waals surface area (Å²) in [7, 11) is 0. The molecule has 21 heavy (non-hydrogen) atoms. The lowest BCUT2D eigenvalue weighted by atomic mass is 10.1. The quantitative estimate of drug-likeness (QED) is 0.508. The lowest BCUT2D eigenvalue weighted by Crippen LogP contribution is -2.29. The van der Waals surface area contributed by atoms with Crippen LogP contribution in [0.2, 0.25) is 0 Å². The van der Waals surface area contributed by atoms with Gasteiger partial charge < -0.3 is 10.6 Å². The molecule has 1 atom stereocenters. The van der Waals surface area contributed by atoms with Gasteiger partial charge in [-0.2, -0.15) is 0 Å². The van der Waals surface area contributed by atoms with E-state index in [1.165, 1.54) is 0 Å². The second-order valence-corrected chi connectivity index (χ2v) is 4.85. The zero-order valence-corrected chi connectivity index (χ0v) is 10.9. The van der Waals surface area contributed by atoms with Crippen molar-refractivity contribution in [1.29, 1.82) is 0 Å². The van der Waals surface area contributed by atoms with E-state index in [-0.39, 0.29) is 6.54 Å². The lowest BCUT2D eigenvalue weighted by molar-refractivity contribution is 0.0940. The Morgan fingerprint density at radius 1 is 1.05 bits per heavy atom. The highest BCUT2D eigenvalue weighted by atomic mass is 19.2. The van der Waals surface area contributed by atoms with Gasteiger partial charge in [-0.15, -0.1) is 0 Å². The summed E-state index contributed by atoms with van der Waals surface area (Å²) in [6.45, 7) is 1.74. The van der Waals surface area contributed by atoms with Crippen LogP contribution >= 0.6 is 0 Å². The topological polar surface area (TPSA) is 41.1 Å². The lowest BCUT2D eigenvalue weighted by Gasteiger charge is -2.11. The number of carbonyl (C=O) groups excluding carboxylic acids is 1. The van der Waals surface area contributed by atoms with Crippen LogP contribution in [0.25, 0.3) is 0 Å². The highest BCUT2D eigenvalue weighted by molar-refractivity contribution is 5.94. The highest BCUT2D eigenvalue weighted by Crippen LogP contribution is 2.23. The molecular weight excluding hydrogens is 295 g/mol. The number of hydrogen-bond donors (Lipinski definition) is 2. The van der Waals surface area contributed by atoms with E-state index < -0.39 is 40.6 Å². The molecule has 0 radical (unpaired) electrons. The van der Waals surface area contributed by atoms with Gasteiger partial charge in [-0.05, 0) is 31.8 Å². The van der Waals surface area contributed by atoms with Crippen LogP contribution in [0.15, 0.2) is 0 Å². The molecule has 1 aliphatic rings. The fourth-order valence-corrected chi connectivity index (χ4v) is 2.24. The molecule has 1 aliphatic heterocycles. The molecule has 1 saturated heterocycles. The molecule has 0 aromatic heterocycles. The van der Waals surface area contributed by atoms with Crippen molar-refractivity contribution >= 4 is 5.91 Å². The summed E-state index contributed by atoms with van der Waals surface area (Å²) < 4.78 is 65.6. The van der Waals surface area contributed by atoms with Crippen LogP contribution in [0.4, 0.5) is 22.0 Å². The first-order valence-electron chi connectivity index (χ1n) is 6.43. The fraction of sp³-hybridized carbons (Fsp3) is 0.462. The standard InChI is InChI=1S/C13H13F5N2O/c14-8-7(9(15)11(17)12(18)10(8)16)13(21)20-4-2-6-1-3-19-5-6/h6,19H,1-5H2,(H,20,21). The molecule has 0 aliphatic carbocycles. The van der Waals surface area contributed by atoms with Crippen molar-refractivity contribution in [2.45, 2.75) is 12.8 Å². The highest BCUT2D eigenvalue weighted by Gasteiger charge is 2.29. The van der Waals surface area contributed by atoms with Crippen LogP contribution in [0.1, 0.15) is 23.2 Å². The van der Waals surface area contributed by atoms with Gasteiger partial charge in [0.25, 0.3) is 5.91 Å². The molecule has 2 N–H and O–H groups in total. The predicted molar refractivity (Wildman–Crippen MR) is 64.2 cm³/mol. The molecule has 1 heterocycles. The minimum absolute atomic E-state index is 0.102. The normalized spacial score (nSPS) is 18.0. The van der Waals surface area contributed by atoms with Crippen molar-refractivity contribution in [3.05, 3.63) is 34.6 Å². The SMILES string of the molecule is O=C(NCCC1CCNC1)c1c(F)c(F)c(F)c(F)c1F. The average molecular weight is 308 g/mol. The van der Waals surface area contributed by atoms with Gasteiger partial charge in [0.05, 0.1) is 0 Å². The van der Waals surface area contributed by atoms with Crippen LogP contribution in [0.3, 0.4) is 0 Å². The minimum Gasteiger partial charge on any atom is -0.352 e. The van der Waals surface area contributed by atoms with Crippen LogP contribution in [-0.2, 0) is 0 Å². The van der Waals surface area contributed by atoms with E-state index in [1.807, 2.05) is 0 Å². The molecule has 8 heteroatoms. The number of halogens is 5. The molecule has 1 fully saturated rings. The maximum atomic E-state index is 13.4. The van der Waals surface area contributed by atoms with Crippen molar-refractivity contribution in [3.8, 4) is 0 Å². The number of nitrogens with one attached hydrogen (secondary N) is 2. The summed E-state index contributed by atoms with van der Waals surface area (Å²) in [5, 5.41) is 5.29. The van der Waals surface area contributed by atoms with Crippen molar-refractivity contribution in [1.82, 2.24) is 10.6 Å². The van der Waals surface area contributed by atoms with E-state index in [0.717, 1.165) is 19.5 Å². The number of hydrogen-bond acceptors (Lipinski definition) is 2. The van der Waals surface area contributed by atoms with E-state index >= 15 is 0 Å². The van der Waals surface area contributed by atoms with Crippen LogP contribution in [-0.4, -0.2) is 25.5 Å². The largest absolute Gasteiger partial charge is 0.352 e. The summed E-state index contributed by atoms with van der Waals surface area (Å²) in [5.74, 6) is -11.8. The Bertz CT molecular complexity index is 529. The van der Waals surface area contributed by atoms with Gasteiger partial charge in [0.1, 0.15) is 5.56 Å². The van der Waals surface area contributed by atoms with Gasteiger partial charge in [-0.1, -0.05) is 0 Å². The number of rotatable bonds is 4. The van der Waals surface area contributed by atoms with E-state index in [9.17, 15) is 26.7 Å². The molecule has 3 nitrogen and oxygen atoms in total. The summed E-state index contributed by atoms with van der Waals surface area (Å²) >= 11 is 0. The third kappa shape index (κ3) is 3.15. The van der Waals surface area contributed by atoms with Crippen molar-refractivity contribution < 1.29 is 26.7 Å². The summed E-state index contributed by atoms with van der Waals surface area (Å²) in [5.41, 5.74) is -1.45. The third-order valence-electron chi connectivity index (χ3n) is 3.44. The maximum absolute atomic E-state index is 13.4. The maximum Gasteiger partial charge on any atom is 0.257 e. The van der Waals surface area contributed by atoms with E-state index in [0.29, 0.717) is 12.3 Å². The minimum atomic E-state index is -2.28. The first kappa shape index (κ1) is 15.7. The number of benzene rings is 1. The molecule has 1 aromatic carbocycles. The Morgan fingerprint density at radius 3 is 2.14 bits per heavy atom. The van der Waals surface area contributed by atoms with E-state index in [1.54, 1.807) is 0 Å². The van der Waals surface area contributed by atoms with Crippen molar-refractivity contribution in [3.63, 3.8) is 0 Å². The zero-order valence-electron chi connectivity index (χ0n) is 10.9. The zero-order chi connectivity index (χ0) is 15.6. The molecule has 1 amide bonds. The monoisotopic (exact) mass is 308 g/mol. The first-order valence-corrected chi connectivity index (χ1v) is 6.43. The van der Waals surface area contributed by atoms with E-state index in [2.05, 4.69) is 10.6 Å². The van der Waals surface area contributed by atoms with Gasteiger partial charge in [0.15, 0.2) is 23.3 Å². The fourth-order valence-electron chi connectivity index (χ4n) is 2.24. The molecular formula is C13H13F5N2O. The Hall–Kier alpha value is -1.70. The van der Waals surface area contributed by atoms with E-state index in [4.69, 9.17) is 0 Å². The predicted octanol–water partition coefficient (Wildman–Crippen LogP) is 2.11. The first-order chi connectivity index (χ1) is 9.93. The Morgan fingerprint density at radius 2 is 1.62 bits per heavy atom. The molecule has 1 unspecified atom stereocenters. The molecule has 1 aromatic rings. The summed E-state index contributed by atoms with van der Waals surface area (Å²) in [6, 6.07) is 0. The third-order valence-corrected chi connectivity index (χ3v) is 3.44. The van der Waals surface area contributed by atoms with Gasteiger partial charge in [0.2, 0.25) is 5.82 Å². The van der Waals surface area contributed by atoms with Crippen molar-refractivity contribution in [2.24, 2.45) is 5.92 Å². The number of amides is 1. The van der Waals surface area contributed by atoms with Gasteiger partial charge in [0, 0.05) is 6.54 Å². The second-order valence-electron chi connectivity index (χ2n) is 4.85. The summed E-state index contributed by atoms with van der Waals surface area (Å²) in [6.07, 6.45) is 1.48. The molecule has 116 valence electrons. The average Bonchev–Trinajstić information content (AvgIpc) is 2.96. The molecule has 0 bridgehead atoms. The Labute approximate surface area is 117 Å². The van der Waals surface area contributed by atoms with Crippen LogP contribution in [0.5, 0.6) is 0 Å². The van der Waals surface area contributed by atoms with Gasteiger partial charge >= 0.3 is 0 Å². The van der Waals surface area contributed by atoms with Crippen molar-refractivity contribution in [2.75, 3.05) is 19.6 Å². The second kappa shape index (κ2) is 6.38. The molecule has 0 spiro atoms. The van der Waals surface area contributed by atoms with Gasteiger partial charge in [-0.3, -0.25) is 4.79 Å². The van der Waals surface area contributed by atoms with Crippen LogP contribution in [0, 0.1) is 35.0 Å². The molecule has 2 rings (SSSR count). The number of carbonyl (C=O) groups is 1.